The number of halogens is 1. The number of carbonyl (C=O) groups is 2. The number of amides is 2. The van der Waals surface area contributed by atoms with Crippen LogP contribution in [0.25, 0.3) is 0 Å². The predicted octanol–water partition coefficient (Wildman–Crippen LogP) is 3.85. The number of aryl methyl sites for hydroxylation is 1. The van der Waals surface area contributed by atoms with Crippen LogP contribution in [-0.4, -0.2) is 48.6 Å². The Hall–Kier alpha value is -2.93. The van der Waals surface area contributed by atoms with Crippen molar-refractivity contribution in [2.24, 2.45) is 0 Å². The van der Waals surface area contributed by atoms with Gasteiger partial charge < -0.3 is 14.4 Å². The predicted molar refractivity (Wildman–Crippen MR) is 119 cm³/mol. The molecule has 0 radical (unpaired) electrons. The van der Waals surface area contributed by atoms with Gasteiger partial charge in [0, 0.05) is 25.3 Å². The Kier molecular flexibility index (Phi) is 6.74. The van der Waals surface area contributed by atoms with E-state index in [1.165, 1.54) is 11.0 Å². The van der Waals surface area contributed by atoms with Gasteiger partial charge in [-0.25, -0.2) is 4.39 Å². The molecular formula is C25H29FN2O4. The molecule has 7 heteroatoms. The van der Waals surface area contributed by atoms with Crippen molar-refractivity contribution in [3.8, 4) is 5.75 Å². The molecule has 1 fully saturated rings. The van der Waals surface area contributed by atoms with Crippen LogP contribution in [0.15, 0.2) is 42.5 Å². The standard InChI is InChI=1S/C25H29FN2O4/c1-3-22-25(30)28(21-13-17(2)10-11-23(21)32-22)16-24(29)27(15-19-8-6-12-31-19)14-18-7-4-5-9-20(18)26/h4-5,7,9-11,13,19,22H,3,6,8,12,14-16H2,1-2H3. The minimum atomic E-state index is -0.629. The van der Waals surface area contributed by atoms with Gasteiger partial charge in [-0.05, 0) is 49.9 Å². The minimum absolute atomic E-state index is 0.0796. The largest absolute Gasteiger partial charge is 0.478 e. The van der Waals surface area contributed by atoms with Crippen molar-refractivity contribution in [2.75, 3.05) is 24.6 Å². The summed E-state index contributed by atoms with van der Waals surface area (Å²) in [6.45, 7) is 4.84. The molecular weight excluding hydrogens is 411 g/mol. The third kappa shape index (κ3) is 4.78. The quantitative estimate of drug-likeness (QED) is 0.656. The van der Waals surface area contributed by atoms with E-state index in [1.54, 1.807) is 23.1 Å². The van der Waals surface area contributed by atoms with E-state index in [0.29, 0.717) is 36.6 Å². The number of carbonyl (C=O) groups excluding carboxylic acids is 2. The Morgan fingerprint density at radius 3 is 2.78 bits per heavy atom. The molecule has 4 rings (SSSR count). The first-order chi connectivity index (χ1) is 15.5. The smallest absolute Gasteiger partial charge is 0.268 e. The van der Waals surface area contributed by atoms with Gasteiger partial charge in [0.05, 0.1) is 11.8 Å². The first kappa shape index (κ1) is 22.3. The van der Waals surface area contributed by atoms with Gasteiger partial charge in [-0.2, -0.15) is 0 Å². The van der Waals surface area contributed by atoms with E-state index in [1.807, 2.05) is 32.0 Å². The van der Waals surface area contributed by atoms with E-state index in [2.05, 4.69) is 0 Å². The molecule has 32 heavy (non-hydrogen) atoms. The summed E-state index contributed by atoms with van der Waals surface area (Å²) in [5, 5.41) is 0. The number of hydrogen-bond donors (Lipinski definition) is 0. The fraction of sp³-hybridized carbons (Fsp3) is 0.440. The third-order valence-electron chi connectivity index (χ3n) is 6.00. The van der Waals surface area contributed by atoms with Crippen molar-refractivity contribution in [1.82, 2.24) is 4.90 Å². The summed E-state index contributed by atoms with van der Waals surface area (Å²) in [4.78, 5) is 29.7. The zero-order valence-electron chi connectivity index (χ0n) is 18.6. The van der Waals surface area contributed by atoms with E-state index in [-0.39, 0.29) is 36.8 Å². The molecule has 6 nitrogen and oxygen atoms in total. The average molecular weight is 441 g/mol. The van der Waals surface area contributed by atoms with Crippen LogP contribution < -0.4 is 9.64 Å². The second kappa shape index (κ2) is 9.69. The van der Waals surface area contributed by atoms with Crippen LogP contribution in [0.1, 0.15) is 37.3 Å². The van der Waals surface area contributed by atoms with Crippen LogP contribution in [0.2, 0.25) is 0 Å². The van der Waals surface area contributed by atoms with Crippen molar-refractivity contribution in [1.29, 1.82) is 0 Å². The number of ether oxygens (including phenoxy) is 2. The number of anilines is 1. The Labute approximate surface area is 187 Å². The summed E-state index contributed by atoms with van der Waals surface area (Å²) >= 11 is 0. The lowest BCUT2D eigenvalue weighted by Gasteiger charge is -2.35. The summed E-state index contributed by atoms with van der Waals surface area (Å²) in [6, 6.07) is 12.1. The van der Waals surface area contributed by atoms with Gasteiger partial charge in [0.15, 0.2) is 6.10 Å². The van der Waals surface area contributed by atoms with Crippen LogP contribution in [0.4, 0.5) is 10.1 Å². The molecule has 2 unspecified atom stereocenters. The summed E-state index contributed by atoms with van der Waals surface area (Å²) < 4.78 is 25.9. The SMILES string of the molecule is CCC1Oc2ccc(C)cc2N(CC(=O)N(Cc2ccccc2F)CC2CCCO2)C1=O. The second-order valence-electron chi connectivity index (χ2n) is 8.41. The summed E-state index contributed by atoms with van der Waals surface area (Å²) in [5.74, 6) is -0.245. The van der Waals surface area contributed by atoms with Gasteiger partial charge in [-0.1, -0.05) is 31.2 Å². The van der Waals surface area contributed by atoms with E-state index >= 15 is 0 Å². The maximum Gasteiger partial charge on any atom is 0.268 e. The highest BCUT2D eigenvalue weighted by Crippen LogP contribution is 2.35. The third-order valence-corrected chi connectivity index (χ3v) is 6.00. The van der Waals surface area contributed by atoms with Gasteiger partial charge in [-0.15, -0.1) is 0 Å². The number of nitrogens with zero attached hydrogens (tertiary/aromatic N) is 2. The Bertz CT molecular complexity index is 990. The molecule has 0 saturated carbocycles. The zero-order chi connectivity index (χ0) is 22.7. The Morgan fingerprint density at radius 2 is 2.06 bits per heavy atom. The highest BCUT2D eigenvalue weighted by Gasteiger charge is 2.36. The lowest BCUT2D eigenvalue weighted by Crippen LogP contribution is -2.51. The van der Waals surface area contributed by atoms with E-state index in [4.69, 9.17) is 9.47 Å². The highest BCUT2D eigenvalue weighted by molar-refractivity contribution is 6.03. The number of rotatable bonds is 7. The second-order valence-corrected chi connectivity index (χ2v) is 8.41. The molecule has 0 spiro atoms. The first-order valence-electron chi connectivity index (χ1n) is 11.2. The monoisotopic (exact) mass is 440 g/mol. The van der Waals surface area contributed by atoms with Crippen molar-refractivity contribution < 1.29 is 23.5 Å². The normalized spacial score (nSPS) is 20.1. The molecule has 1 saturated heterocycles. The summed E-state index contributed by atoms with van der Waals surface area (Å²) in [7, 11) is 0. The van der Waals surface area contributed by atoms with Crippen LogP contribution in [-0.2, 0) is 20.9 Å². The van der Waals surface area contributed by atoms with E-state index < -0.39 is 6.10 Å². The topological polar surface area (TPSA) is 59.1 Å². The van der Waals surface area contributed by atoms with Crippen molar-refractivity contribution >= 4 is 17.5 Å². The number of benzene rings is 2. The molecule has 2 aromatic rings. The van der Waals surface area contributed by atoms with Crippen LogP contribution in [0.3, 0.4) is 0 Å². The van der Waals surface area contributed by atoms with Crippen molar-refractivity contribution in [3.63, 3.8) is 0 Å². The minimum Gasteiger partial charge on any atom is -0.478 e. The van der Waals surface area contributed by atoms with Gasteiger partial charge in [-0.3, -0.25) is 14.5 Å². The molecule has 170 valence electrons. The molecule has 2 aromatic carbocycles. The fourth-order valence-corrected chi connectivity index (χ4v) is 4.21. The molecule has 2 heterocycles. The maximum absolute atomic E-state index is 14.3. The summed E-state index contributed by atoms with van der Waals surface area (Å²) in [6.07, 6.45) is 1.60. The zero-order valence-corrected chi connectivity index (χ0v) is 18.6. The maximum atomic E-state index is 14.3. The van der Waals surface area contributed by atoms with Crippen molar-refractivity contribution in [3.05, 3.63) is 59.4 Å². The lowest BCUT2D eigenvalue weighted by atomic mass is 10.1. The fourth-order valence-electron chi connectivity index (χ4n) is 4.21. The van der Waals surface area contributed by atoms with Crippen LogP contribution >= 0.6 is 0 Å². The number of fused-ring (bicyclic) bond motifs is 1. The van der Waals surface area contributed by atoms with Crippen molar-refractivity contribution in [2.45, 2.75) is 51.9 Å². The van der Waals surface area contributed by atoms with Gasteiger partial charge in [0.25, 0.3) is 5.91 Å². The average Bonchev–Trinajstić information content (AvgIpc) is 3.30. The summed E-state index contributed by atoms with van der Waals surface area (Å²) in [5.41, 5.74) is 2.00. The molecule has 2 aliphatic rings. The van der Waals surface area contributed by atoms with Gasteiger partial charge in [0.1, 0.15) is 18.1 Å². The van der Waals surface area contributed by atoms with Crippen LogP contribution in [0.5, 0.6) is 5.75 Å². The molecule has 0 aromatic heterocycles. The van der Waals surface area contributed by atoms with E-state index in [9.17, 15) is 14.0 Å². The molecule has 0 bridgehead atoms. The molecule has 2 aliphatic heterocycles. The first-order valence-corrected chi connectivity index (χ1v) is 11.2. The molecule has 0 aliphatic carbocycles. The molecule has 0 N–H and O–H groups in total. The number of hydrogen-bond acceptors (Lipinski definition) is 4. The highest BCUT2D eigenvalue weighted by atomic mass is 19.1. The van der Waals surface area contributed by atoms with Gasteiger partial charge >= 0.3 is 0 Å². The van der Waals surface area contributed by atoms with Crippen LogP contribution in [0, 0.1) is 12.7 Å². The van der Waals surface area contributed by atoms with Gasteiger partial charge in [0.2, 0.25) is 5.91 Å². The Balaban J connectivity index is 1.59. The Morgan fingerprint density at radius 1 is 1.25 bits per heavy atom. The lowest BCUT2D eigenvalue weighted by molar-refractivity contribution is -0.135. The molecule has 2 amide bonds. The molecule has 2 atom stereocenters. The van der Waals surface area contributed by atoms with E-state index in [0.717, 1.165) is 18.4 Å².